The minimum atomic E-state index is -0.514. The number of hydrogen-bond donors (Lipinski definition) is 1. The molecule has 59 heavy (non-hydrogen) atoms. The molecule has 0 saturated carbocycles. The average molecular weight is 806 g/mol. The van der Waals surface area contributed by atoms with E-state index >= 15 is 0 Å². The first kappa shape index (κ1) is 40.9. The van der Waals surface area contributed by atoms with Gasteiger partial charge in [0.1, 0.15) is 18.3 Å². The summed E-state index contributed by atoms with van der Waals surface area (Å²) in [5.41, 5.74) is 3.04. The van der Waals surface area contributed by atoms with E-state index in [2.05, 4.69) is 65.5 Å². The van der Waals surface area contributed by atoms with Gasteiger partial charge in [-0.05, 0) is 76.8 Å². The SMILES string of the molecule is CCOC(=O)CN1CCN(C(=O)NC2(c3ccccc3)CCN(CC[C@H](CN(C)C(=O)c3cc(-n4cnnn4)cc(-n4cnnn4)c3OC)c3ccccc3)CC2)CC1. The lowest BCUT2D eigenvalue weighted by Crippen LogP contribution is -2.59. The largest absolute Gasteiger partial charge is 0.494 e. The number of nitrogens with one attached hydrogen (secondary N) is 1. The van der Waals surface area contributed by atoms with Crippen LogP contribution in [0.3, 0.4) is 0 Å². The lowest BCUT2D eigenvalue weighted by atomic mass is 9.80. The number of rotatable bonds is 15. The maximum absolute atomic E-state index is 14.4. The van der Waals surface area contributed by atoms with Crippen molar-refractivity contribution in [3.8, 4) is 17.1 Å². The third-order valence-electron chi connectivity index (χ3n) is 11.3. The van der Waals surface area contributed by atoms with Gasteiger partial charge < -0.3 is 29.5 Å². The number of aromatic nitrogens is 8. The number of nitrogens with zero attached hydrogens (tertiary/aromatic N) is 12. The Morgan fingerprint density at radius 1 is 0.847 bits per heavy atom. The first-order valence-electron chi connectivity index (χ1n) is 20.0. The second-order valence-electron chi connectivity index (χ2n) is 14.9. The lowest BCUT2D eigenvalue weighted by Gasteiger charge is -2.44. The highest BCUT2D eigenvalue weighted by molar-refractivity contribution is 5.98. The van der Waals surface area contributed by atoms with Crippen molar-refractivity contribution in [1.82, 2.24) is 65.3 Å². The molecule has 5 aromatic rings. The monoisotopic (exact) mass is 805 g/mol. The van der Waals surface area contributed by atoms with E-state index in [0.29, 0.717) is 62.0 Å². The van der Waals surface area contributed by atoms with Crippen molar-refractivity contribution in [3.63, 3.8) is 0 Å². The van der Waals surface area contributed by atoms with Crippen LogP contribution >= 0.6 is 0 Å². The molecule has 18 nitrogen and oxygen atoms in total. The van der Waals surface area contributed by atoms with Gasteiger partial charge >= 0.3 is 12.0 Å². The van der Waals surface area contributed by atoms with Gasteiger partial charge in [-0.15, -0.1) is 10.2 Å². The smallest absolute Gasteiger partial charge is 0.320 e. The van der Waals surface area contributed by atoms with Gasteiger partial charge in [-0.25, -0.2) is 9.48 Å². The third kappa shape index (κ3) is 9.72. The summed E-state index contributed by atoms with van der Waals surface area (Å²) < 4.78 is 13.8. The maximum atomic E-state index is 14.4. The molecule has 7 rings (SSSR count). The van der Waals surface area contributed by atoms with Crippen LogP contribution in [-0.2, 0) is 15.1 Å². The zero-order valence-electron chi connectivity index (χ0n) is 33.8. The van der Waals surface area contributed by atoms with Gasteiger partial charge in [0.15, 0.2) is 5.75 Å². The number of methoxy groups -OCH3 is 1. The fraction of sp³-hybridized carbons (Fsp3) is 0.439. The third-order valence-corrected chi connectivity index (χ3v) is 11.3. The van der Waals surface area contributed by atoms with E-state index in [0.717, 1.165) is 50.0 Å². The number of ether oxygens (including phenoxy) is 2. The number of amides is 3. The molecule has 2 aliphatic heterocycles. The molecule has 3 aromatic carbocycles. The quantitative estimate of drug-likeness (QED) is 0.153. The van der Waals surface area contributed by atoms with Gasteiger partial charge in [0.2, 0.25) is 0 Å². The van der Waals surface area contributed by atoms with Crippen molar-refractivity contribution in [2.45, 2.75) is 37.6 Å². The van der Waals surface area contributed by atoms with E-state index in [-0.39, 0.29) is 30.4 Å². The molecule has 4 heterocycles. The molecular formula is C41H51N13O5. The summed E-state index contributed by atoms with van der Waals surface area (Å²) in [5.74, 6) is -0.132. The Morgan fingerprint density at radius 2 is 1.51 bits per heavy atom. The van der Waals surface area contributed by atoms with Gasteiger partial charge in [0.25, 0.3) is 5.91 Å². The fourth-order valence-electron chi connectivity index (χ4n) is 8.06. The molecule has 0 unspecified atom stereocenters. The van der Waals surface area contributed by atoms with Crippen molar-refractivity contribution in [3.05, 3.63) is 102 Å². The van der Waals surface area contributed by atoms with E-state index in [1.807, 2.05) is 46.2 Å². The Hall–Kier alpha value is -6.27. The Kier molecular flexibility index (Phi) is 13.2. The normalized spacial score (nSPS) is 16.3. The van der Waals surface area contributed by atoms with E-state index in [1.54, 1.807) is 31.0 Å². The lowest BCUT2D eigenvalue weighted by molar-refractivity contribution is -0.144. The number of urea groups is 1. The fourth-order valence-corrected chi connectivity index (χ4v) is 8.06. The highest BCUT2D eigenvalue weighted by Crippen LogP contribution is 2.35. The van der Waals surface area contributed by atoms with Gasteiger partial charge in [-0.2, -0.15) is 4.68 Å². The molecule has 0 aliphatic carbocycles. The summed E-state index contributed by atoms with van der Waals surface area (Å²) in [5, 5.41) is 26.6. The second kappa shape index (κ2) is 19.0. The van der Waals surface area contributed by atoms with Crippen LogP contribution in [0.2, 0.25) is 0 Å². The van der Waals surface area contributed by atoms with E-state index in [9.17, 15) is 14.4 Å². The number of hydrogen-bond acceptors (Lipinski definition) is 13. The Labute approximate surface area is 343 Å². The number of likely N-dealkylation sites (N-methyl/N-ethyl adjacent to an activating group) is 1. The summed E-state index contributed by atoms with van der Waals surface area (Å²) in [4.78, 5) is 48.3. The van der Waals surface area contributed by atoms with Crippen LogP contribution in [0.15, 0.2) is 85.5 Å². The van der Waals surface area contributed by atoms with Gasteiger partial charge in [0, 0.05) is 58.8 Å². The molecule has 2 aliphatic rings. The number of piperazine rings is 1. The highest BCUT2D eigenvalue weighted by atomic mass is 16.5. The van der Waals surface area contributed by atoms with Crippen LogP contribution in [0.5, 0.6) is 5.75 Å². The van der Waals surface area contributed by atoms with Crippen molar-refractivity contribution in [2.24, 2.45) is 0 Å². The predicted octanol–water partition coefficient (Wildman–Crippen LogP) is 2.77. The first-order valence-corrected chi connectivity index (χ1v) is 20.0. The zero-order chi connectivity index (χ0) is 41.2. The second-order valence-corrected chi connectivity index (χ2v) is 14.9. The summed E-state index contributed by atoms with van der Waals surface area (Å²) in [6.45, 7) is 7.55. The number of tetrazole rings is 2. The van der Waals surface area contributed by atoms with Crippen LogP contribution < -0.4 is 10.1 Å². The standard InChI is InChI=1S/C41H51N13O5/c1-4-59-37(55)28-51-21-23-52(24-22-51)40(57)44-41(33-13-9-6-10-14-33)16-19-50(20-17-41)18-15-32(31-11-7-5-8-12-31)27-49(2)39(56)35-25-34(53-29-42-45-47-53)26-36(38(35)58-3)54-30-43-46-48-54/h5-14,25-26,29-30,32H,4,15-24,27-28H2,1-3H3,(H,44,57)/t32-/m1/s1. The van der Waals surface area contributed by atoms with E-state index in [1.165, 1.54) is 29.1 Å². The molecule has 0 radical (unpaired) electrons. The van der Waals surface area contributed by atoms with Crippen LogP contribution in [0.4, 0.5) is 4.79 Å². The summed E-state index contributed by atoms with van der Waals surface area (Å²) in [7, 11) is 3.31. The van der Waals surface area contributed by atoms with Gasteiger partial charge in [-0.1, -0.05) is 60.7 Å². The molecular weight excluding hydrogens is 755 g/mol. The van der Waals surface area contributed by atoms with Crippen molar-refractivity contribution in [1.29, 1.82) is 0 Å². The molecule has 1 N–H and O–H groups in total. The maximum Gasteiger partial charge on any atom is 0.320 e. The molecule has 2 saturated heterocycles. The molecule has 2 aromatic heterocycles. The van der Waals surface area contributed by atoms with Crippen molar-refractivity contribution in [2.75, 3.05) is 79.7 Å². The van der Waals surface area contributed by atoms with Gasteiger partial charge in [0.05, 0.1) is 37.1 Å². The molecule has 3 amide bonds. The molecule has 18 heteroatoms. The summed E-state index contributed by atoms with van der Waals surface area (Å²) in [6.07, 6.45) is 5.19. The minimum absolute atomic E-state index is 0.0286. The van der Waals surface area contributed by atoms with Crippen LogP contribution in [0, 0.1) is 0 Å². The predicted molar refractivity (Wildman–Crippen MR) is 216 cm³/mol. The van der Waals surface area contributed by atoms with Crippen molar-refractivity contribution >= 4 is 17.9 Å². The van der Waals surface area contributed by atoms with E-state index < -0.39 is 5.54 Å². The Morgan fingerprint density at radius 3 is 2.14 bits per heavy atom. The molecule has 2 fully saturated rings. The number of carbonyl (C=O) groups is 3. The topological polar surface area (TPSA) is 182 Å². The molecule has 0 bridgehead atoms. The average Bonchev–Trinajstić information content (AvgIpc) is 4.02. The van der Waals surface area contributed by atoms with Gasteiger partial charge in [-0.3, -0.25) is 14.5 Å². The van der Waals surface area contributed by atoms with Crippen molar-refractivity contribution < 1.29 is 23.9 Å². The Bertz CT molecular complexity index is 2120. The molecule has 310 valence electrons. The highest BCUT2D eigenvalue weighted by Gasteiger charge is 2.39. The number of likely N-dealkylation sites (tertiary alicyclic amines) is 1. The number of piperidine rings is 1. The number of carbonyl (C=O) groups excluding carboxylic acids is 3. The number of esters is 1. The minimum Gasteiger partial charge on any atom is -0.494 e. The number of benzene rings is 3. The summed E-state index contributed by atoms with van der Waals surface area (Å²) in [6, 6.07) is 23.9. The molecule has 0 spiro atoms. The van der Waals surface area contributed by atoms with Crippen LogP contribution in [-0.4, -0.2) is 158 Å². The first-order chi connectivity index (χ1) is 28.8. The summed E-state index contributed by atoms with van der Waals surface area (Å²) >= 11 is 0. The Balaban J connectivity index is 1.03. The van der Waals surface area contributed by atoms with E-state index in [4.69, 9.17) is 9.47 Å². The molecule has 1 atom stereocenters. The van der Waals surface area contributed by atoms with Crippen LogP contribution in [0.25, 0.3) is 11.4 Å². The zero-order valence-corrected chi connectivity index (χ0v) is 33.8. The van der Waals surface area contributed by atoms with Crippen LogP contribution in [0.1, 0.15) is 53.6 Å².